The van der Waals surface area contributed by atoms with E-state index in [9.17, 15) is 4.79 Å². The summed E-state index contributed by atoms with van der Waals surface area (Å²) in [6.45, 7) is 6.52. The molecular weight excluding hydrogens is 292 g/mol. The van der Waals surface area contributed by atoms with Crippen LogP contribution >= 0.6 is 0 Å². The van der Waals surface area contributed by atoms with Gasteiger partial charge in [-0.1, -0.05) is 18.2 Å². The lowest BCUT2D eigenvalue weighted by molar-refractivity contribution is 0.0465. The summed E-state index contributed by atoms with van der Waals surface area (Å²) in [5.74, 6) is 0.937. The monoisotopic (exact) mass is 320 g/mol. The van der Waals surface area contributed by atoms with Crippen LogP contribution in [0.1, 0.15) is 39.2 Å². The first-order valence-electron chi connectivity index (χ1n) is 8.22. The van der Waals surface area contributed by atoms with Crippen LogP contribution in [0.25, 0.3) is 0 Å². The molecule has 1 saturated carbocycles. The van der Waals surface area contributed by atoms with Crippen LogP contribution in [0.3, 0.4) is 0 Å². The highest BCUT2D eigenvalue weighted by molar-refractivity contribution is 5.68. The van der Waals surface area contributed by atoms with E-state index in [4.69, 9.17) is 9.47 Å². The molecule has 0 bridgehead atoms. The van der Waals surface area contributed by atoms with Crippen molar-refractivity contribution in [2.75, 3.05) is 13.7 Å². The second kappa shape index (κ2) is 7.68. The Morgan fingerprint density at radius 1 is 1.22 bits per heavy atom. The molecule has 128 valence electrons. The standard InChI is InChI=1S/C18H28N2O3/c1-18(2,3)23-17(21)20-15-11-14(12-15)19-10-9-13-7-5-6-8-16(13)22-4/h5-8,14-15,19H,9-12H2,1-4H3,(H,20,21). The van der Waals surface area contributed by atoms with E-state index in [1.165, 1.54) is 5.56 Å². The highest BCUT2D eigenvalue weighted by Crippen LogP contribution is 2.21. The summed E-state index contributed by atoms with van der Waals surface area (Å²) in [6, 6.07) is 8.77. The van der Waals surface area contributed by atoms with Gasteiger partial charge in [-0.05, 0) is 58.2 Å². The van der Waals surface area contributed by atoms with E-state index in [0.717, 1.165) is 31.6 Å². The molecule has 5 heteroatoms. The van der Waals surface area contributed by atoms with Gasteiger partial charge in [0.25, 0.3) is 0 Å². The van der Waals surface area contributed by atoms with Gasteiger partial charge in [0.05, 0.1) is 7.11 Å². The van der Waals surface area contributed by atoms with E-state index >= 15 is 0 Å². The number of methoxy groups -OCH3 is 1. The Kier molecular flexibility index (Phi) is 5.88. The Hall–Kier alpha value is -1.75. The molecule has 0 aromatic heterocycles. The third kappa shape index (κ3) is 5.75. The average Bonchev–Trinajstić information content (AvgIpc) is 2.43. The number of carbonyl (C=O) groups is 1. The zero-order valence-corrected chi connectivity index (χ0v) is 14.5. The van der Waals surface area contributed by atoms with Crippen LogP contribution < -0.4 is 15.4 Å². The molecule has 0 radical (unpaired) electrons. The second-order valence-corrected chi connectivity index (χ2v) is 7.03. The highest BCUT2D eigenvalue weighted by Gasteiger charge is 2.31. The number of ether oxygens (including phenoxy) is 2. The van der Waals surface area contributed by atoms with Gasteiger partial charge in [0.15, 0.2) is 0 Å². The minimum atomic E-state index is -0.444. The molecule has 23 heavy (non-hydrogen) atoms. The van der Waals surface area contributed by atoms with Crippen molar-refractivity contribution in [2.24, 2.45) is 0 Å². The Morgan fingerprint density at radius 2 is 1.91 bits per heavy atom. The minimum Gasteiger partial charge on any atom is -0.496 e. The average molecular weight is 320 g/mol. The Morgan fingerprint density at radius 3 is 2.57 bits per heavy atom. The zero-order valence-electron chi connectivity index (χ0n) is 14.5. The molecule has 0 spiro atoms. The molecule has 2 N–H and O–H groups in total. The van der Waals surface area contributed by atoms with Gasteiger partial charge in [-0.25, -0.2) is 4.79 Å². The smallest absolute Gasteiger partial charge is 0.407 e. The highest BCUT2D eigenvalue weighted by atomic mass is 16.6. The van der Waals surface area contributed by atoms with Gasteiger partial charge in [-0.2, -0.15) is 0 Å². The zero-order chi connectivity index (χ0) is 16.9. The minimum absolute atomic E-state index is 0.216. The van der Waals surface area contributed by atoms with Crippen LogP contribution in [0.4, 0.5) is 4.79 Å². The molecule has 0 heterocycles. The van der Waals surface area contributed by atoms with E-state index in [1.54, 1.807) is 7.11 Å². The molecule has 1 amide bonds. The Bertz CT molecular complexity index is 519. The van der Waals surface area contributed by atoms with Crippen LogP contribution in [-0.2, 0) is 11.2 Å². The van der Waals surface area contributed by atoms with Gasteiger partial charge in [-0.15, -0.1) is 0 Å². The van der Waals surface area contributed by atoms with Crippen LogP contribution in [-0.4, -0.2) is 37.4 Å². The number of nitrogens with one attached hydrogen (secondary N) is 2. The van der Waals surface area contributed by atoms with Gasteiger partial charge in [0.1, 0.15) is 11.4 Å². The Labute approximate surface area is 138 Å². The fraction of sp³-hybridized carbons (Fsp3) is 0.611. The summed E-state index contributed by atoms with van der Waals surface area (Å²) < 4.78 is 10.6. The lowest BCUT2D eigenvalue weighted by atomic mass is 9.87. The van der Waals surface area contributed by atoms with E-state index < -0.39 is 5.60 Å². The topological polar surface area (TPSA) is 59.6 Å². The maximum absolute atomic E-state index is 11.7. The number of para-hydroxylation sites is 1. The van der Waals surface area contributed by atoms with Gasteiger partial charge < -0.3 is 20.1 Å². The molecule has 1 aromatic carbocycles. The summed E-state index contributed by atoms with van der Waals surface area (Å²) >= 11 is 0. The molecule has 0 unspecified atom stereocenters. The van der Waals surface area contributed by atoms with Crippen molar-refractivity contribution in [3.63, 3.8) is 0 Å². The van der Waals surface area contributed by atoms with E-state index in [0.29, 0.717) is 6.04 Å². The molecule has 1 fully saturated rings. The summed E-state index contributed by atoms with van der Waals surface area (Å²) in [4.78, 5) is 11.7. The molecule has 1 aliphatic carbocycles. The summed E-state index contributed by atoms with van der Waals surface area (Å²) in [5.41, 5.74) is 0.769. The van der Waals surface area contributed by atoms with Crippen LogP contribution in [0.2, 0.25) is 0 Å². The molecular formula is C18H28N2O3. The summed E-state index contributed by atoms with van der Waals surface area (Å²) in [5, 5.41) is 6.43. The lowest BCUT2D eigenvalue weighted by Crippen LogP contribution is -2.53. The van der Waals surface area contributed by atoms with Gasteiger partial charge in [-0.3, -0.25) is 0 Å². The van der Waals surface area contributed by atoms with E-state index in [2.05, 4.69) is 16.7 Å². The molecule has 0 saturated heterocycles. The third-order valence-electron chi connectivity index (χ3n) is 3.88. The predicted molar refractivity (Wildman–Crippen MR) is 90.9 cm³/mol. The fourth-order valence-electron chi connectivity index (χ4n) is 2.70. The van der Waals surface area contributed by atoms with Crippen LogP contribution in [0.5, 0.6) is 5.75 Å². The molecule has 0 atom stereocenters. The quantitative estimate of drug-likeness (QED) is 0.846. The van der Waals surface area contributed by atoms with Gasteiger partial charge in [0.2, 0.25) is 0 Å². The van der Waals surface area contributed by atoms with Crippen LogP contribution in [0, 0.1) is 0 Å². The predicted octanol–water partition coefficient (Wildman–Crippen LogP) is 2.88. The first kappa shape index (κ1) is 17.6. The molecule has 0 aliphatic heterocycles. The number of alkyl carbamates (subject to hydrolysis) is 1. The number of amides is 1. The normalized spacial score (nSPS) is 20.5. The van der Waals surface area contributed by atoms with E-state index in [-0.39, 0.29) is 12.1 Å². The van der Waals surface area contributed by atoms with E-state index in [1.807, 2.05) is 39.0 Å². The SMILES string of the molecule is COc1ccccc1CCNC1CC(NC(=O)OC(C)(C)C)C1. The molecule has 2 rings (SSSR count). The number of hydrogen-bond donors (Lipinski definition) is 2. The maximum atomic E-state index is 11.7. The first-order valence-corrected chi connectivity index (χ1v) is 8.22. The van der Waals surface area contributed by atoms with Crippen molar-refractivity contribution >= 4 is 6.09 Å². The van der Waals surface area contributed by atoms with Crippen LogP contribution in [0.15, 0.2) is 24.3 Å². The van der Waals surface area contributed by atoms with Crippen molar-refractivity contribution in [2.45, 2.75) is 57.7 Å². The molecule has 1 aliphatic rings. The van der Waals surface area contributed by atoms with Gasteiger partial charge >= 0.3 is 6.09 Å². The van der Waals surface area contributed by atoms with Crippen molar-refractivity contribution in [3.8, 4) is 5.75 Å². The number of carbonyl (C=O) groups excluding carboxylic acids is 1. The van der Waals surface area contributed by atoms with Gasteiger partial charge in [0, 0.05) is 12.1 Å². The first-order chi connectivity index (χ1) is 10.9. The summed E-state index contributed by atoms with van der Waals surface area (Å²) in [7, 11) is 1.70. The Balaban J connectivity index is 1.62. The second-order valence-electron chi connectivity index (χ2n) is 7.03. The summed E-state index contributed by atoms with van der Waals surface area (Å²) in [6.07, 6.45) is 2.51. The number of rotatable bonds is 6. The van der Waals surface area contributed by atoms with Crippen molar-refractivity contribution < 1.29 is 14.3 Å². The van der Waals surface area contributed by atoms with Crippen molar-refractivity contribution in [1.82, 2.24) is 10.6 Å². The third-order valence-corrected chi connectivity index (χ3v) is 3.88. The number of hydrogen-bond acceptors (Lipinski definition) is 4. The molecule has 1 aromatic rings. The van der Waals surface area contributed by atoms with Crippen molar-refractivity contribution in [1.29, 1.82) is 0 Å². The lowest BCUT2D eigenvalue weighted by Gasteiger charge is -2.36. The number of benzene rings is 1. The maximum Gasteiger partial charge on any atom is 0.407 e. The largest absolute Gasteiger partial charge is 0.496 e. The van der Waals surface area contributed by atoms with Crippen molar-refractivity contribution in [3.05, 3.63) is 29.8 Å². The molecule has 5 nitrogen and oxygen atoms in total. The fourth-order valence-corrected chi connectivity index (χ4v) is 2.70.